The van der Waals surface area contributed by atoms with Crippen LogP contribution in [0.3, 0.4) is 0 Å². The Labute approximate surface area is 96.9 Å². The molecule has 0 radical (unpaired) electrons. The first-order valence-electron chi connectivity index (χ1n) is 5.33. The summed E-state index contributed by atoms with van der Waals surface area (Å²) < 4.78 is 4.56. The summed E-state index contributed by atoms with van der Waals surface area (Å²) in [6.07, 6.45) is 0. The van der Waals surface area contributed by atoms with Crippen molar-refractivity contribution in [3.63, 3.8) is 0 Å². The summed E-state index contributed by atoms with van der Waals surface area (Å²) in [7, 11) is 1.32. The van der Waals surface area contributed by atoms with Crippen LogP contribution in [0, 0.1) is 0 Å². The number of hydrogen-bond donors (Lipinski definition) is 2. The molecular formula is C11H22N2O3. The molecule has 5 heteroatoms. The Bertz CT molecular complexity index is 258. The molecule has 0 heterocycles. The molecule has 0 saturated carbocycles. The molecule has 0 spiro atoms. The van der Waals surface area contributed by atoms with E-state index in [-0.39, 0.29) is 17.4 Å². The van der Waals surface area contributed by atoms with Crippen molar-refractivity contribution >= 4 is 11.9 Å². The van der Waals surface area contributed by atoms with Gasteiger partial charge in [-0.25, -0.2) is 0 Å². The summed E-state index contributed by atoms with van der Waals surface area (Å²) in [5.74, 6) is -0.515. The number of methoxy groups -OCH3 is 1. The van der Waals surface area contributed by atoms with Gasteiger partial charge >= 0.3 is 5.97 Å². The second kappa shape index (κ2) is 5.84. The lowest BCUT2D eigenvalue weighted by molar-refractivity contribution is -0.143. The fourth-order valence-corrected chi connectivity index (χ4v) is 1.17. The Morgan fingerprint density at radius 2 is 1.62 bits per heavy atom. The normalized spacial score (nSPS) is 15.1. The zero-order chi connectivity index (χ0) is 12.9. The van der Waals surface area contributed by atoms with E-state index in [9.17, 15) is 9.59 Å². The highest BCUT2D eigenvalue weighted by Gasteiger charge is 2.22. The molecule has 0 aliphatic rings. The number of esters is 1. The van der Waals surface area contributed by atoms with E-state index in [1.54, 1.807) is 13.8 Å². The van der Waals surface area contributed by atoms with Gasteiger partial charge in [-0.2, -0.15) is 0 Å². The van der Waals surface area contributed by atoms with Crippen LogP contribution in [-0.2, 0) is 14.3 Å². The third-order valence-electron chi connectivity index (χ3n) is 1.95. The monoisotopic (exact) mass is 230 g/mol. The molecule has 16 heavy (non-hydrogen) atoms. The van der Waals surface area contributed by atoms with E-state index in [1.807, 2.05) is 20.8 Å². The van der Waals surface area contributed by atoms with Gasteiger partial charge in [0.25, 0.3) is 0 Å². The van der Waals surface area contributed by atoms with E-state index in [2.05, 4.69) is 15.4 Å². The first-order valence-corrected chi connectivity index (χ1v) is 5.33. The number of rotatable bonds is 4. The zero-order valence-corrected chi connectivity index (χ0v) is 10.9. The number of ether oxygens (including phenoxy) is 1. The molecule has 5 nitrogen and oxygen atoms in total. The molecule has 1 amide bonds. The van der Waals surface area contributed by atoms with Gasteiger partial charge in [-0.1, -0.05) is 0 Å². The van der Waals surface area contributed by atoms with Crippen molar-refractivity contribution in [2.24, 2.45) is 0 Å². The fourth-order valence-electron chi connectivity index (χ4n) is 1.17. The number of nitrogens with one attached hydrogen (secondary N) is 2. The topological polar surface area (TPSA) is 67.4 Å². The van der Waals surface area contributed by atoms with Gasteiger partial charge in [0.2, 0.25) is 5.91 Å². The van der Waals surface area contributed by atoms with Crippen LogP contribution >= 0.6 is 0 Å². The lowest BCUT2D eigenvalue weighted by atomic mass is 10.1. The van der Waals surface area contributed by atoms with Crippen LogP contribution in [0.5, 0.6) is 0 Å². The maximum Gasteiger partial charge on any atom is 0.322 e. The predicted octanol–water partition coefficient (Wildman–Crippen LogP) is 0.441. The number of amides is 1. The third kappa shape index (κ3) is 5.70. The van der Waals surface area contributed by atoms with Gasteiger partial charge in [0.15, 0.2) is 0 Å². The van der Waals surface area contributed by atoms with E-state index >= 15 is 0 Å². The first kappa shape index (κ1) is 14.9. The van der Waals surface area contributed by atoms with E-state index < -0.39 is 12.1 Å². The summed E-state index contributed by atoms with van der Waals surface area (Å²) in [5, 5.41) is 5.69. The number of carbonyl (C=O) groups is 2. The zero-order valence-electron chi connectivity index (χ0n) is 10.9. The molecule has 2 atom stereocenters. The maximum absolute atomic E-state index is 11.7. The molecule has 0 rings (SSSR count). The van der Waals surface area contributed by atoms with Gasteiger partial charge in [0, 0.05) is 5.54 Å². The molecule has 0 saturated heterocycles. The SMILES string of the molecule is COC(=O)C(C)NC(C)C(=O)NC(C)(C)C. The second-order valence-corrected chi connectivity index (χ2v) is 4.87. The molecule has 0 aliphatic heterocycles. The highest BCUT2D eigenvalue weighted by atomic mass is 16.5. The van der Waals surface area contributed by atoms with Gasteiger partial charge in [0.1, 0.15) is 6.04 Å². The van der Waals surface area contributed by atoms with Crippen molar-refractivity contribution < 1.29 is 14.3 Å². The summed E-state index contributed by atoms with van der Waals surface area (Å²) in [6.45, 7) is 9.08. The van der Waals surface area contributed by atoms with Gasteiger partial charge in [-0.3, -0.25) is 14.9 Å². The van der Waals surface area contributed by atoms with Crippen LogP contribution in [0.2, 0.25) is 0 Å². The Morgan fingerprint density at radius 1 is 1.12 bits per heavy atom. The number of hydrogen-bond acceptors (Lipinski definition) is 4. The minimum atomic E-state index is -0.495. The highest BCUT2D eigenvalue weighted by Crippen LogP contribution is 2.00. The second-order valence-electron chi connectivity index (χ2n) is 4.87. The van der Waals surface area contributed by atoms with Crippen LogP contribution in [0.25, 0.3) is 0 Å². The lowest BCUT2D eigenvalue weighted by Gasteiger charge is -2.24. The fraction of sp³-hybridized carbons (Fsp3) is 0.818. The van der Waals surface area contributed by atoms with E-state index in [1.165, 1.54) is 7.11 Å². The molecule has 2 N–H and O–H groups in total. The summed E-state index contributed by atoms with van der Waals surface area (Å²) in [5.41, 5.74) is -0.276. The summed E-state index contributed by atoms with van der Waals surface area (Å²) in [6, 6.07) is -0.931. The maximum atomic E-state index is 11.7. The number of carbonyl (C=O) groups excluding carboxylic acids is 2. The van der Waals surface area contributed by atoms with Gasteiger partial charge in [0.05, 0.1) is 13.2 Å². The molecule has 0 aliphatic carbocycles. The van der Waals surface area contributed by atoms with Crippen molar-refractivity contribution in [3.05, 3.63) is 0 Å². The molecule has 0 aromatic heterocycles. The molecule has 94 valence electrons. The Kier molecular flexibility index (Phi) is 5.44. The van der Waals surface area contributed by atoms with Gasteiger partial charge in [-0.05, 0) is 34.6 Å². The van der Waals surface area contributed by atoms with Crippen molar-refractivity contribution in [2.75, 3.05) is 7.11 Å². The Morgan fingerprint density at radius 3 is 2.00 bits per heavy atom. The third-order valence-corrected chi connectivity index (χ3v) is 1.95. The minimum absolute atomic E-state index is 0.136. The average molecular weight is 230 g/mol. The predicted molar refractivity (Wildman–Crippen MR) is 62.0 cm³/mol. The van der Waals surface area contributed by atoms with E-state index in [0.717, 1.165) is 0 Å². The molecule has 0 aromatic rings. The van der Waals surface area contributed by atoms with Crippen LogP contribution in [0.4, 0.5) is 0 Å². The molecule has 2 unspecified atom stereocenters. The lowest BCUT2D eigenvalue weighted by Crippen LogP contribution is -2.52. The smallest absolute Gasteiger partial charge is 0.322 e. The first-order chi connectivity index (χ1) is 7.17. The van der Waals surface area contributed by atoms with Crippen molar-refractivity contribution in [3.8, 4) is 0 Å². The summed E-state index contributed by atoms with van der Waals surface area (Å²) >= 11 is 0. The quantitative estimate of drug-likeness (QED) is 0.688. The standard InChI is InChI=1S/C11H22N2O3/c1-7(9(14)13-11(3,4)5)12-8(2)10(15)16-6/h7-8,12H,1-6H3,(H,13,14). The van der Waals surface area contributed by atoms with Gasteiger partial charge < -0.3 is 10.1 Å². The van der Waals surface area contributed by atoms with E-state index in [0.29, 0.717) is 0 Å². The Hall–Kier alpha value is -1.10. The molecule has 0 fully saturated rings. The van der Waals surface area contributed by atoms with E-state index in [4.69, 9.17) is 0 Å². The molecule has 0 bridgehead atoms. The van der Waals surface area contributed by atoms with Crippen LogP contribution < -0.4 is 10.6 Å². The van der Waals surface area contributed by atoms with Crippen molar-refractivity contribution in [1.82, 2.24) is 10.6 Å². The van der Waals surface area contributed by atoms with Crippen LogP contribution in [0.1, 0.15) is 34.6 Å². The largest absolute Gasteiger partial charge is 0.468 e. The summed E-state index contributed by atoms with van der Waals surface area (Å²) in [4.78, 5) is 22.8. The van der Waals surface area contributed by atoms with Crippen molar-refractivity contribution in [1.29, 1.82) is 0 Å². The van der Waals surface area contributed by atoms with Crippen LogP contribution in [-0.4, -0.2) is 36.6 Å². The minimum Gasteiger partial charge on any atom is -0.468 e. The van der Waals surface area contributed by atoms with Crippen LogP contribution in [0.15, 0.2) is 0 Å². The highest BCUT2D eigenvalue weighted by molar-refractivity contribution is 5.83. The van der Waals surface area contributed by atoms with Gasteiger partial charge in [-0.15, -0.1) is 0 Å². The Balaban J connectivity index is 4.21. The molecular weight excluding hydrogens is 208 g/mol. The molecule has 0 aromatic carbocycles. The average Bonchev–Trinajstić information content (AvgIpc) is 2.13. The van der Waals surface area contributed by atoms with Crippen molar-refractivity contribution in [2.45, 2.75) is 52.2 Å².